The highest BCUT2D eigenvalue weighted by atomic mass is 19.1. The highest BCUT2D eigenvalue weighted by Crippen LogP contribution is 2.22. The number of aryl methyl sites for hydroxylation is 3. The molecule has 120 valence electrons. The van der Waals surface area contributed by atoms with Gasteiger partial charge in [0.05, 0.1) is 5.39 Å². The molecule has 0 aliphatic rings. The number of rotatable bonds is 5. The molecule has 3 aromatic rings. The molecule has 0 fully saturated rings. The summed E-state index contributed by atoms with van der Waals surface area (Å²) in [6, 6.07) is 5.81. The van der Waals surface area contributed by atoms with Crippen LogP contribution >= 0.6 is 0 Å². The van der Waals surface area contributed by atoms with Gasteiger partial charge in [0.25, 0.3) is 0 Å². The van der Waals surface area contributed by atoms with Crippen LogP contribution in [0.5, 0.6) is 0 Å². The number of benzene rings is 1. The van der Waals surface area contributed by atoms with E-state index in [1.54, 1.807) is 0 Å². The van der Waals surface area contributed by atoms with E-state index in [0.717, 1.165) is 34.4 Å². The zero-order valence-corrected chi connectivity index (χ0v) is 13.7. The molecule has 23 heavy (non-hydrogen) atoms. The maximum atomic E-state index is 14.5. The van der Waals surface area contributed by atoms with Crippen molar-refractivity contribution >= 4 is 16.9 Å². The van der Waals surface area contributed by atoms with E-state index >= 15 is 0 Å². The van der Waals surface area contributed by atoms with E-state index in [1.807, 2.05) is 38.2 Å². The minimum Gasteiger partial charge on any atom is -0.365 e. The number of hydrogen-bond acceptors (Lipinski definition) is 3. The van der Waals surface area contributed by atoms with Gasteiger partial charge in [0.15, 0.2) is 0 Å². The topological polar surface area (TPSA) is 53.6 Å². The van der Waals surface area contributed by atoms with Crippen molar-refractivity contribution in [3.8, 4) is 0 Å². The maximum Gasteiger partial charge on any atom is 0.143 e. The van der Waals surface area contributed by atoms with E-state index < -0.39 is 0 Å². The lowest BCUT2D eigenvalue weighted by molar-refractivity contribution is 0.596. The van der Waals surface area contributed by atoms with Crippen LogP contribution in [-0.4, -0.2) is 15.0 Å². The number of fused-ring (bicyclic) bond motifs is 1. The number of anilines is 1. The lowest BCUT2D eigenvalue weighted by atomic mass is 10.0. The van der Waals surface area contributed by atoms with Crippen LogP contribution in [0, 0.1) is 12.7 Å². The third kappa shape index (κ3) is 3.04. The highest BCUT2D eigenvalue weighted by Gasteiger charge is 2.11. The largest absolute Gasteiger partial charge is 0.365 e. The normalized spacial score (nSPS) is 11.1. The molecule has 0 spiro atoms. The van der Waals surface area contributed by atoms with Crippen LogP contribution in [0.25, 0.3) is 11.0 Å². The molecule has 0 unspecified atom stereocenters. The van der Waals surface area contributed by atoms with Gasteiger partial charge in [-0.25, -0.2) is 14.4 Å². The van der Waals surface area contributed by atoms with Crippen LogP contribution in [0.15, 0.2) is 24.4 Å². The Balaban J connectivity index is 1.92. The molecule has 0 bridgehead atoms. The zero-order chi connectivity index (χ0) is 16.4. The Bertz CT molecular complexity index is 838. The molecule has 0 saturated heterocycles. The molecule has 3 rings (SSSR count). The predicted molar refractivity (Wildman–Crippen MR) is 91.1 cm³/mol. The predicted octanol–water partition coefficient (Wildman–Crippen LogP) is 4.14. The molecule has 0 aliphatic heterocycles. The summed E-state index contributed by atoms with van der Waals surface area (Å²) in [6.45, 7) is 6.32. The van der Waals surface area contributed by atoms with Crippen molar-refractivity contribution in [3.63, 3.8) is 0 Å². The number of nitrogens with zero attached hydrogens (tertiary/aromatic N) is 2. The van der Waals surface area contributed by atoms with Crippen molar-refractivity contribution in [1.82, 2.24) is 15.0 Å². The molecule has 1 aromatic carbocycles. The van der Waals surface area contributed by atoms with E-state index in [1.165, 1.54) is 0 Å². The van der Waals surface area contributed by atoms with Crippen molar-refractivity contribution < 1.29 is 4.39 Å². The lowest BCUT2D eigenvalue weighted by Gasteiger charge is -2.12. The minimum atomic E-state index is -0.117. The van der Waals surface area contributed by atoms with Crippen LogP contribution < -0.4 is 5.32 Å². The van der Waals surface area contributed by atoms with E-state index in [2.05, 4.69) is 27.2 Å². The third-order valence-corrected chi connectivity index (χ3v) is 4.05. The van der Waals surface area contributed by atoms with Crippen molar-refractivity contribution in [1.29, 1.82) is 0 Å². The lowest BCUT2D eigenvalue weighted by Crippen LogP contribution is -2.07. The van der Waals surface area contributed by atoms with Gasteiger partial charge in [-0.05, 0) is 37.0 Å². The third-order valence-electron chi connectivity index (χ3n) is 4.05. The number of aromatic nitrogens is 3. The zero-order valence-electron chi connectivity index (χ0n) is 13.7. The van der Waals surface area contributed by atoms with Crippen LogP contribution in [0.1, 0.15) is 36.4 Å². The summed E-state index contributed by atoms with van der Waals surface area (Å²) in [5.41, 5.74) is 3.40. The first-order chi connectivity index (χ1) is 11.1. The fourth-order valence-corrected chi connectivity index (χ4v) is 2.78. The molecular weight excluding hydrogens is 291 g/mol. The Kier molecular flexibility index (Phi) is 4.28. The average molecular weight is 312 g/mol. The molecule has 0 atom stereocenters. The second-order valence-corrected chi connectivity index (χ2v) is 5.65. The summed E-state index contributed by atoms with van der Waals surface area (Å²) in [7, 11) is 0. The van der Waals surface area contributed by atoms with Crippen molar-refractivity contribution in [2.45, 2.75) is 40.2 Å². The van der Waals surface area contributed by atoms with E-state index in [9.17, 15) is 4.39 Å². The van der Waals surface area contributed by atoms with Gasteiger partial charge < -0.3 is 10.3 Å². The molecule has 2 N–H and O–H groups in total. The molecule has 0 radical (unpaired) electrons. The standard InChI is InChI=1S/C18H21FN4/c1-4-12-8-13(5-2)16(19)14(9-12)10-21-18-15-6-7-20-17(15)22-11(3)23-18/h6-9H,4-5,10H2,1-3H3,(H2,20,21,22,23). The average Bonchev–Trinajstić information content (AvgIpc) is 3.01. The van der Waals surface area contributed by atoms with Gasteiger partial charge in [-0.15, -0.1) is 0 Å². The molecular formula is C18H21FN4. The number of hydrogen-bond donors (Lipinski definition) is 2. The highest BCUT2D eigenvalue weighted by molar-refractivity contribution is 5.86. The smallest absolute Gasteiger partial charge is 0.143 e. The summed E-state index contributed by atoms with van der Waals surface area (Å²) >= 11 is 0. The van der Waals surface area contributed by atoms with Gasteiger partial charge in [0.2, 0.25) is 0 Å². The Morgan fingerprint density at radius 2 is 1.91 bits per heavy atom. The van der Waals surface area contributed by atoms with Gasteiger partial charge in [0.1, 0.15) is 23.1 Å². The Morgan fingerprint density at radius 1 is 1.13 bits per heavy atom. The molecule has 4 nitrogen and oxygen atoms in total. The van der Waals surface area contributed by atoms with Gasteiger partial charge in [-0.1, -0.05) is 26.0 Å². The quantitative estimate of drug-likeness (QED) is 0.744. The Labute approximate surface area is 135 Å². The monoisotopic (exact) mass is 312 g/mol. The van der Waals surface area contributed by atoms with Gasteiger partial charge >= 0.3 is 0 Å². The first-order valence-electron chi connectivity index (χ1n) is 7.98. The van der Waals surface area contributed by atoms with Crippen LogP contribution in [0.2, 0.25) is 0 Å². The summed E-state index contributed by atoms with van der Waals surface area (Å²) in [5.74, 6) is 1.29. The maximum absolute atomic E-state index is 14.5. The molecule has 5 heteroatoms. The van der Waals surface area contributed by atoms with Crippen molar-refractivity contribution in [3.05, 3.63) is 52.7 Å². The summed E-state index contributed by atoms with van der Waals surface area (Å²) < 4.78 is 14.5. The number of nitrogens with one attached hydrogen (secondary N) is 2. The van der Waals surface area contributed by atoms with Crippen LogP contribution in [0.4, 0.5) is 10.2 Å². The summed E-state index contributed by atoms with van der Waals surface area (Å²) in [4.78, 5) is 11.9. The fourth-order valence-electron chi connectivity index (χ4n) is 2.78. The molecule has 0 saturated carbocycles. The van der Waals surface area contributed by atoms with Gasteiger partial charge in [0, 0.05) is 18.3 Å². The summed E-state index contributed by atoms with van der Waals surface area (Å²) in [5, 5.41) is 4.18. The Hall–Kier alpha value is -2.43. The second-order valence-electron chi connectivity index (χ2n) is 5.65. The SMILES string of the molecule is CCc1cc(CC)c(F)c(CNc2nc(C)nc3[nH]ccc23)c1. The number of halogens is 1. The van der Waals surface area contributed by atoms with Crippen molar-refractivity contribution in [2.75, 3.05) is 5.32 Å². The molecule has 0 amide bonds. The second kappa shape index (κ2) is 6.36. The first-order valence-corrected chi connectivity index (χ1v) is 7.98. The fraction of sp³-hybridized carbons (Fsp3) is 0.333. The van der Waals surface area contributed by atoms with Crippen LogP contribution in [0.3, 0.4) is 0 Å². The number of aromatic amines is 1. The Morgan fingerprint density at radius 3 is 2.65 bits per heavy atom. The van der Waals surface area contributed by atoms with Gasteiger partial charge in [-0.3, -0.25) is 0 Å². The van der Waals surface area contributed by atoms with E-state index in [4.69, 9.17) is 0 Å². The van der Waals surface area contributed by atoms with Crippen LogP contribution in [-0.2, 0) is 19.4 Å². The first kappa shape index (κ1) is 15.5. The molecule has 0 aliphatic carbocycles. The van der Waals surface area contributed by atoms with Crippen molar-refractivity contribution in [2.24, 2.45) is 0 Å². The number of H-pyrrole nitrogens is 1. The van der Waals surface area contributed by atoms with E-state index in [0.29, 0.717) is 24.4 Å². The molecule has 2 aromatic heterocycles. The minimum absolute atomic E-state index is 0.117. The molecule has 2 heterocycles. The van der Waals surface area contributed by atoms with Gasteiger partial charge in [-0.2, -0.15) is 0 Å². The summed E-state index contributed by atoms with van der Waals surface area (Å²) in [6.07, 6.45) is 3.42. The van der Waals surface area contributed by atoms with E-state index in [-0.39, 0.29) is 5.82 Å².